The highest BCUT2D eigenvalue weighted by Gasteiger charge is 2.53. The van der Waals surface area contributed by atoms with E-state index in [1.54, 1.807) is 0 Å². The van der Waals surface area contributed by atoms with Gasteiger partial charge in [0, 0.05) is 17.3 Å². The fourth-order valence-corrected chi connectivity index (χ4v) is 4.09. The van der Waals surface area contributed by atoms with Crippen LogP contribution in [0, 0.1) is 0 Å². The SMILES string of the molecule is CC(C)(ON=C(C(=O)NC1C(=O)N2C(C(=O)O)=CCS[C@@H]12)c1nsc(N)n1)C(=O)O. The maximum Gasteiger partial charge on any atom is 0.352 e. The van der Waals surface area contributed by atoms with E-state index in [9.17, 15) is 24.3 Å². The van der Waals surface area contributed by atoms with Crippen molar-refractivity contribution < 1.29 is 34.2 Å². The lowest BCUT2D eigenvalue weighted by atomic mass is 10.0. The lowest BCUT2D eigenvalue weighted by Gasteiger charge is -2.48. The van der Waals surface area contributed by atoms with Crippen LogP contribution < -0.4 is 11.1 Å². The van der Waals surface area contributed by atoms with Gasteiger partial charge in [-0.25, -0.2) is 9.59 Å². The molecule has 0 aromatic carbocycles. The molecule has 2 aliphatic rings. The van der Waals surface area contributed by atoms with Crippen molar-refractivity contribution in [2.75, 3.05) is 11.5 Å². The molecule has 2 atom stereocenters. The van der Waals surface area contributed by atoms with Gasteiger partial charge in [0.2, 0.25) is 17.1 Å². The second kappa shape index (κ2) is 7.91. The summed E-state index contributed by atoms with van der Waals surface area (Å²) in [5.74, 6) is -3.93. The number of carboxylic acid groups (broad SMARTS) is 2. The number of hydrogen-bond donors (Lipinski definition) is 4. The van der Waals surface area contributed by atoms with Crippen LogP contribution in [0.2, 0.25) is 0 Å². The van der Waals surface area contributed by atoms with E-state index in [-0.39, 0.29) is 16.7 Å². The number of amides is 2. The Bertz CT molecular complexity index is 988. The Hall–Kier alpha value is -3.20. The number of aromatic nitrogens is 2. The number of thioether (sulfide) groups is 1. The molecule has 0 spiro atoms. The zero-order valence-electron chi connectivity index (χ0n) is 15.6. The first kappa shape index (κ1) is 21.5. The summed E-state index contributed by atoms with van der Waals surface area (Å²) < 4.78 is 3.87. The number of hydrogen-bond acceptors (Lipinski definition) is 11. The van der Waals surface area contributed by atoms with Crippen LogP contribution in [0.5, 0.6) is 0 Å². The third kappa shape index (κ3) is 3.93. The van der Waals surface area contributed by atoms with Gasteiger partial charge in [0.1, 0.15) is 17.1 Å². The Morgan fingerprint density at radius 2 is 2.10 bits per heavy atom. The average molecular weight is 456 g/mol. The van der Waals surface area contributed by atoms with E-state index in [2.05, 4.69) is 19.8 Å². The minimum absolute atomic E-state index is 0.0352. The molecule has 3 rings (SSSR count). The van der Waals surface area contributed by atoms with Crippen LogP contribution in [-0.4, -0.2) is 76.7 Å². The van der Waals surface area contributed by atoms with Crippen LogP contribution in [0.25, 0.3) is 0 Å². The van der Waals surface area contributed by atoms with Crippen molar-refractivity contribution >= 4 is 57.9 Å². The number of anilines is 1. The van der Waals surface area contributed by atoms with Gasteiger partial charge in [-0.05, 0) is 19.9 Å². The van der Waals surface area contributed by atoms with Crippen LogP contribution in [0.15, 0.2) is 16.9 Å². The van der Waals surface area contributed by atoms with Gasteiger partial charge in [-0.3, -0.25) is 14.5 Å². The number of nitrogens with one attached hydrogen (secondary N) is 1. The molecule has 15 heteroatoms. The molecule has 0 saturated carbocycles. The molecule has 13 nitrogen and oxygen atoms in total. The maximum absolute atomic E-state index is 12.8. The van der Waals surface area contributed by atoms with E-state index in [4.69, 9.17) is 15.7 Å². The molecule has 1 aromatic heterocycles. The van der Waals surface area contributed by atoms with Gasteiger partial charge in [-0.2, -0.15) is 9.36 Å². The monoisotopic (exact) mass is 456 g/mol. The van der Waals surface area contributed by atoms with Gasteiger partial charge in [0.05, 0.1) is 0 Å². The van der Waals surface area contributed by atoms with E-state index in [1.807, 2.05) is 0 Å². The van der Waals surface area contributed by atoms with Crippen molar-refractivity contribution in [1.29, 1.82) is 0 Å². The number of nitrogens with two attached hydrogens (primary N) is 1. The molecule has 3 heterocycles. The second-order valence-electron chi connectivity index (χ2n) is 6.58. The Morgan fingerprint density at radius 3 is 2.67 bits per heavy atom. The maximum atomic E-state index is 12.8. The van der Waals surface area contributed by atoms with Crippen LogP contribution >= 0.6 is 23.3 Å². The van der Waals surface area contributed by atoms with E-state index in [0.717, 1.165) is 16.4 Å². The van der Waals surface area contributed by atoms with Crippen molar-refractivity contribution in [2.45, 2.75) is 30.9 Å². The Labute approximate surface area is 177 Å². The predicted molar refractivity (Wildman–Crippen MR) is 104 cm³/mol. The summed E-state index contributed by atoms with van der Waals surface area (Å²) >= 11 is 2.06. The number of carbonyl (C=O) groups is 4. The van der Waals surface area contributed by atoms with Gasteiger partial charge in [0.25, 0.3) is 11.8 Å². The number of aliphatic carboxylic acids is 2. The molecule has 0 bridgehead atoms. The number of β-lactam (4-membered cyclic amide) rings is 1. The van der Waals surface area contributed by atoms with Crippen molar-refractivity contribution in [3.63, 3.8) is 0 Å². The van der Waals surface area contributed by atoms with E-state index in [1.165, 1.54) is 31.7 Å². The lowest BCUT2D eigenvalue weighted by molar-refractivity contribution is -0.161. The van der Waals surface area contributed by atoms with E-state index < -0.39 is 46.5 Å². The summed E-state index contributed by atoms with van der Waals surface area (Å²) in [6.45, 7) is 2.45. The van der Waals surface area contributed by atoms with Crippen LogP contribution in [0.3, 0.4) is 0 Å². The van der Waals surface area contributed by atoms with E-state index in [0.29, 0.717) is 5.75 Å². The quantitative estimate of drug-likeness (QED) is 0.225. The molecule has 1 unspecified atom stereocenters. The molecule has 1 saturated heterocycles. The van der Waals surface area contributed by atoms with Crippen LogP contribution in [0.4, 0.5) is 5.13 Å². The van der Waals surface area contributed by atoms with Gasteiger partial charge < -0.3 is 26.1 Å². The molecule has 1 fully saturated rings. The highest BCUT2D eigenvalue weighted by molar-refractivity contribution is 8.00. The number of fused-ring (bicyclic) bond motifs is 1. The molecule has 0 aliphatic carbocycles. The van der Waals surface area contributed by atoms with Crippen LogP contribution in [-0.2, 0) is 24.0 Å². The summed E-state index contributed by atoms with van der Waals surface area (Å²) in [4.78, 5) is 57.6. The predicted octanol–water partition coefficient (Wildman–Crippen LogP) is -0.927. The highest BCUT2D eigenvalue weighted by atomic mass is 32.2. The van der Waals surface area contributed by atoms with Gasteiger partial charge in [0.15, 0.2) is 5.13 Å². The summed E-state index contributed by atoms with van der Waals surface area (Å²) in [5, 5.41) is 23.8. The zero-order valence-corrected chi connectivity index (χ0v) is 17.2. The molecule has 1 aromatic rings. The topological polar surface area (TPSA) is 197 Å². The van der Waals surface area contributed by atoms with E-state index >= 15 is 0 Å². The Balaban J connectivity index is 1.81. The fourth-order valence-electron chi connectivity index (χ4n) is 2.46. The molecule has 2 amide bonds. The number of nitrogens with zero attached hydrogens (tertiary/aromatic N) is 4. The number of oxime groups is 1. The minimum atomic E-state index is -1.75. The van der Waals surface area contributed by atoms with Crippen molar-refractivity contribution in [1.82, 2.24) is 19.6 Å². The summed E-state index contributed by atoms with van der Waals surface area (Å²) in [6.07, 6.45) is 1.41. The third-order valence-electron chi connectivity index (χ3n) is 4.10. The van der Waals surface area contributed by atoms with Crippen molar-refractivity contribution in [2.24, 2.45) is 5.16 Å². The second-order valence-corrected chi connectivity index (χ2v) is 8.51. The lowest BCUT2D eigenvalue weighted by Crippen LogP contribution is -2.70. The number of carbonyl (C=O) groups excluding carboxylic acids is 2. The third-order valence-corrected chi connectivity index (χ3v) is 5.83. The minimum Gasteiger partial charge on any atom is -0.478 e. The summed E-state index contributed by atoms with van der Waals surface area (Å²) in [7, 11) is 0. The Morgan fingerprint density at radius 1 is 1.40 bits per heavy atom. The average Bonchev–Trinajstić information content (AvgIpc) is 3.11. The fraction of sp³-hybridized carbons (Fsp3) is 0.400. The van der Waals surface area contributed by atoms with Crippen molar-refractivity contribution in [3.8, 4) is 0 Å². The van der Waals surface area contributed by atoms with Crippen LogP contribution in [0.1, 0.15) is 19.7 Å². The standard InChI is InChI=1S/C15H16N6O7S2/c1-15(2,13(26)27)28-19-6(8-18-14(16)30-20-8)9(22)17-7-10(23)21-5(12(24)25)3-4-29-11(7)21/h3,7,11H,4H2,1-2H3,(H,17,22)(H,24,25)(H,26,27)(H2,16,18,20)/t7?,11-/m0/s1. The van der Waals surface area contributed by atoms with Gasteiger partial charge >= 0.3 is 11.9 Å². The molecule has 2 aliphatic heterocycles. The summed E-state index contributed by atoms with van der Waals surface area (Å²) in [6, 6.07) is -1.01. The first-order chi connectivity index (χ1) is 14.0. The Kier molecular flexibility index (Phi) is 5.67. The molecule has 0 radical (unpaired) electrons. The molecule has 5 N–H and O–H groups in total. The summed E-state index contributed by atoms with van der Waals surface area (Å²) in [5.41, 5.74) is 3.16. The molecular formula is C15H16N6O7S2. The zero-order chi connectivity index (χ0) is 22.2. The highest BCUT2D eigenvalue weighted by Crippen LogP contribution is 2.37. The largest absolute Gasteiger partial charge is 0.478 e. The number of nitrogen functional groups attached to an aromatic ring is 1. The van der Waals surface area contributed by atoms with Crippen molar-refractivity contribution in [3.05, 3.63) is 17.6 Å². The first-order valence-corrected chi connectivity index (χ1v) is 10.1. The normalized spacial score (nSPS) is 21.3. The number of rotatable bonds is 7. The first-order valence-electron chi connectivity index (χ1n) is 8.31. The molecule has 30 heavy (non-hydrogen) atoms. The number of carboxylic acids is 2. The molecular weight excluding hydrogens is 440 g/mol. The smallest absolute Gasteiger partial charge is 0.352 e. The van der Waals surface area contributed by atoms with Gasteiger partial charge in [-0.15, -0.1) is 11.8 Å². The molecule has 160 valence electrons. The van der Waals surface area contributed by atoms with Gasteiger partial charge in [-0.1, -0.05) is 5.16 Å².